The van der Waals surface area contributed by atoms with Gasteiger partial charge in [-0.25, -0.2) is 4.99 Å². The zero-order valence-corrected chi connectivity index (χ0v) is 19.8. The van der Waals surface area contributed by atoms with Gasteiger partial charge in [0.25, 0.3) is 0 Å². The molecule has 168 valence electrons. The number of likely N-dealkylation sites (N-methyl/N-ethyl adjacent to an activating group) is 1. The third-order valence-corrected chi connectivity index (χ3v) is 6.44. The highest BCUT2D eigenvalue weighted by Crippen LogP contribution is 2.20. The highest BCUT2D eigenvalue weighted by molar-refractivity contribution is 5.88. The molecule has 0 bridgehead atoms. The molecule has 4 heteroatoms. The number of allylic oxidation sites excluding steroid dienone is 1. The van der Waals surface area contributed by atoms with Gasteiger partial charge in [-0.15, -0.1) is 0 Å². The maximum absolute atomic E-state index is 11.5. The first kappa shape index (κ1) is 25.9. The first-order valence-electron chi connectivity index (χ1n) is 12.4. The van der Waals surface area contributed by atoms with E-state index in [2.05, 4.69) is 38.2 Å². The third kappa shape index (κ3) is 9.93. The predicted molar refractivity (Wildman–Crippen MR) is 126 cm³/mol. The minimum atomic E-state index is 0.0372. The number of hydrogen-bond donors (Lipinski definition) is 1. The number of nitrogens with zero attached hydrogens (tertiary/aromatic N) is 2. The Balaban J connectivity index is 2.14. The van der Waals surface area contributed by atoms with E-state index in [1.165, 1.54) is 77.0 Å². The van der Waals surface area contributed by atoms with Crippen LogP contribution in [0.4, 0.5) is 0 Å². The number of unbranched alkanes of at least 4 members (excludes halogenated alkanes) is 12. The zero-order chi connectivity index (χ0) is 21.4. The van der Waals surface area contributed by atoms with Crippen LogP contribution in [0.2, 0.25) is 0 Å². The molecule has 2 atom stereocenters. The predicted octanol–water partition coefficient (Wildman–Crippen LogP) is 6.36. The number of nitrogens with one attached hydrogen (secondary N) is 1. The highest BCUT2D eigenvalue weighted by Gasteiger charge is 2.40. The topological polar surface area (TPSA) is 41.5 Å². The Morgan fingerprint density at radius 1 is 1.00 bits per heavy atom. The molecule has 1 N–H and O–H groups in total. The van der Waals surface area contributed by atoms with Gasteiger partial charge in [0.15, 0.2) is 6.17 Å². The van der Waals surface area contributed by atoms with Crippen molar-refractivity contribution in [3.8, 4) is 0 Å². The summed E-state index contributed by atoms with van der Waals surface area (Å²) in [5.74, 6) is 1.17. The van der Waals surface area contributed by atoms with Gasteiger partial charge in [-0.2, -0.15) is 0 Å². The van der Waals surface area contributed by atoms with Crippen LogP contribution in [0.15, 0.2) is 17.1 Å². The summed E-state index contributed by atoms with van der Waals surface area (Å²) < 4.78 is 0.772. The second-order valence-corrected chi connectivity index (χ2v) is 8.77. The Kier molecular flexibility index (Phi) is 14.0. The van der Waals surface area contributed by atoms with Crippen LogP contribution in [0, 0.1) is 0 Å². The first-order chi connectivity index (χ1) is 14.1. The van der Waals surface area contributed by atoms with Crippen LogP contribution in [0.25, 0.3) is 0 Å². The van der Waals surface area contributed by atoms with Gasteiger partial charge in [0.2, 0.25) is 11.7 Å². The van der Waals surface area contributed by atoms with Crippen LogP contribution in [0.1, 0.15) is 111 Å². The third-order valence-electron chi connectivity index (χ3n) is 6.44. The molecule has 1 aliphatic heterocycles. The van der Waals surface area contributed by atoms with E-state index in [9.17, 15) is 4.79 Å². The lowest BCUT2D eigenvalue weighted by molar-refractivity contribution is -0.859. The van der Waals surface area contributed by atoms with Crippen molar-refractivity contribution in [1.29, 1.82) is 0 Å². The number of hydrogen-bond acceptors (Lipinski definition) is 2. The highest BCUT2D eigenvalue weighted by atomic mass is 16.1. The summed E-state index contributed by atoms with van der Waals surface area (Å²) in [6.07, 6.45) is 22.4. The quantitative estimate of drug-likeness (QED) is 0.221. The number of carbonyl (C=O) groups excluding carboxylic acids is 1. The Morgan fingerprint density at radius 3 is 2.07 bits per heavy atom. The molecule has 29 heavy (non-hydrogen) atoms. The molecule has 0 aromatic carbocycles. The number of amidine groups is 1. The van der Waals surface area contributed by atoms with E-state index in [0.717, 1.165) is 36.4 Å². The molecular formula is C25H48N3O+. The summed E-state index contributed by atoms with van der Waals surface area (Å²) in [5.41, 5.74) is 0. The van der Waals surface area contributed by atoms with E-state index >= 15 is 0 Å². The largest absolute Gasteiger partial charge is 0.307 e. The van der Waals surface area contributed by atoms with Gasteiger partial charge in [-0.05, 0) is 19.8 Å². The van der Waals surface area contributed by atoms with Crippen LogP contribution in [0.3, 0.4) is 0 Å². The molecule has 1 rings (SSSR count). The van der Waals surface area contributed by atoms with Gasteiger partial charge >= 0.3 is 0 Å². The Morgan fingerprint density at radius 2 is 1.55 bits per heavy atom. The van der Waals surface area contributed by atoms with Gasteiger partial charge < -0.3 is 5.32 Å². The monoisotopic (exact) mass is 406 g/mol. The number of quaternary nitrogens is 1. The van der Waals surface area contributed by atoms with Crippen molar-refractivity contribution in [3.63, 3.8) is 0 Å². The fraction of sp³-hybridized carbons (Fsp3) is 0.840. The number of amides is 1. The maximum atomic E-state index is 11.5. The number of carbonyl (C=O) groups is 1. The van der Waals surface area contributed by atoms with Crippen molar-refractivity contribution in [2.75, 3.05) is 19.6 Å². The normalized spacial score (nSPS) is 20.2. The standard InChI is InChI=1S/C25H47N3O/c1-5-7-8-9-10-11-12-13-14-15-16-17-18-19-20-25-26-21-22-28(25,6-2)23(3)27-24(4)29/h19-20,23H,5-18,21-22H2,1-4H3/p+1/b20-19+. The lowest BCUT2D eigenvalue weighted by Crippen LogP contribution is -2.62. The molecule has 4 nitrogen and oxygen atoms in total. The number of aliphatic imine (C=N–C) groups is 1. The molecule has 1 heterocycles. The Bertz CT molecular complexity index is 500. The van der Waals surface area contributed by atoms with Crippen LogP contribution >= 0.6 is 0 Å². The summed E-state index contributed by atoms with van der Waals surface area (Å²) in [4.78, 5) is 16.2. The first-order valence-corrected chi connectivity index (χ1v) is 12.4. The SMILES string of the molecule is CCCCCCCCCCCCCC/C=C/C1=NCC[N+]1(CC)C(C)NC(C)=O. The van der Waals surface area contributed by atoms with E-state index in [0.29, 0.717) is 0 Å². The summed E-state index contributed by atoms with van der Waals surface area (Å²) in [5, 5.41) is 3.08. The van der Waals surface area contributed by atoms with Gasteiger partial charge in [0, 0.05) is 19.9 Å². The van der Waals surface area contributed by atoms with Gasteiger partial charge in [0.1, 0.15) is 6.54 Å². The molecule has 0 aliphatic carbocycles. The second kappa shape index (κ2) is 15.6. The second-order valence-electron chi connectivity index (χ2n) is 8.77. The van der Waals surface area contributed by atoms with Crippen molar-refractivity contribution >= 4 is 11.7 Å². The summed E-state index contributed by atoms with van der Waals surface area (Å²) in [6.45, 7) is 11.0. The molecule has 1 amide bonds. The fourth-order valence-corrected chi connectivity index (χ4v) is 4.50. The molecule has 0 aromatic heterocycles. The van der Waals surface area contributed by atoms with E-state index in [4.69, 9.17) is 4.99 Å². The van der Waals surface area contributed by atoms with Crippen molar-refractivity contribution in [2.24, 2.45) is 4.99 Å². The van der Waals surface area contributed by atoms with E-state index in [-0.39, 0.29) is 12.1 Å². The number of rotatable bonds is 17. The summed E-state index contributed by atoms with van der Waals surface area (Å²) in [6, 6.07) is 0. The molecule has 0 radical (unpaired) electrons. The average molecular weight is 407 g/mol. The van der Waals surface area contributed by atoms with E-state index < -0.39 is 0 Å². The smallest absolute Gasteiger partial charge is 0.224 e. The van der Waals surface area contributed by atoms with E-state index in [1.807, 2.05) is 0 Å². The maximum Gasteiger partial charge on any atom is 0.224 e. The van der Waals surface area contributed by atoms with E-state index in [1.54, 1.807) is 6.92 Å². The summed E-state index contributed by atoms with van der Waals surface area (Å²) >= 11 is 0. The molecule has 1 aliphatic rings. The molecule has 0 saturated heterocycles. The molecule has 2 unspecified atom stereocenters. The van der Waals surface area contributed by atoms with Crippen LogP contribution < -0.4 is 5.32 Å². The van der Waals surface area contributed by atoms with Gasteiger partial charge in [-0.1, -0.05) is 83.6 Å². The van der Waals surface area contributed by atoms with Crippen LogP contribution in [0.5, 0.6) is 0 Å². The van der Waals surface area contributed by atoms with Crippen molar-refractivity contribution in [1.82, 2.24) is 5.32 Å². The molecule has 0 spiro atoms. The summed E-state index contributed by atoms with van der Waals surface area (Å²) in [7, 11) is 0. The lowest BCUT2D eigenvalue weighted by Gasteiger charge is -2.38. The molecule has 0 fully saturated rings. The Labute approximate surface area is 180 Å². The Hall–Kier alpha value is -1.16. The van der Waals surface area contributed by atoms with Crippen LogP contribution in [-0.2, 0) is 4.79 Å². The van der Waals surface area contributed by atoms with Gasteiger partial charge in [0.05, 0.1) is 13.1 Å². The van der Waals surface area contributed by atoms with Gasteiger partial charge in [-0.3, -0.25) is 9.28 Å². The zero-order valence-electron chi connectivity index (χ0n) is 19.8. The minimum Gasteiger partial charge on any atom is -0.307 e. The van der Waals surface area contributed by atoms with Crippen molar-refractivity contribution in [3.05, 3.63) is 12.2 Å². The minimum absolute atomic E-state index is 0.0372. The lowest BCUT2D eigenvalue weighted by atomic mass is 10.0. The average Bonchev–Trinajstić information content (AvgIpc) is 3.12. The van der Waals surface area contributed by atoms with Crippen molar-refractivity contribution in [2.45, 2.75) is 117 Å². The molecule has 0 aromatic rings. The molecular weight excluding hydrogens is 358 g/mol. The molecule has 0 saturated carbocycles. The van der Waals surface area contributed by atoms with Crippen molar-refractivity contribution < 1.29 is 9.28 Å². The van der Waals surface area contributed by atoms with Crippen LogP contribution in [-0.4, -0.2) is 42.0 Å². The fourth-order valence-electron chi connectivity index (χ4n) is 4.50.